The van der Waals surface area contributed by atoms with Crippen LogP contribution in [-0.2, 0) is 19.1 Å². The second-order valence-electron chi connectivity index (χ2n) is 4.39. The van der Waals surface area contributed by atoms with Crippen molar-refractivity contribution in [2.75, 3.05) is 20.3 Å². The lowest BCUT2D eigenvalue weighted by molar-refractivity contribution is -0.146. The first-order chi connectivity index (χ1) is 7.97. The molecule has 0 aromatic carbocycles. The number of methoxy groups -OCH3 is 1. The van der Waals surface area contributed by atoms with Crippen molar-refractivity contribution in [3.05, 3.63) is 0 Å². The van der Waals surface area contributed by atoms with Gasteiger partial charge < -0.3 is 14.8 Å². The Balaban J connectivity index is 3.84. The van der Waals surface area contributed by atoms with Crippen LogP contribution in [0.15, 0.2) is 0 Å². The van der Waals surface area contributed by atoms with Gasteiger partial charge >= 0.3 is 5.97 Å². The maximum atomic E-state index is 11.3. The Bertz CT molecular complexity index is 241. The van der Waals surface area contributed by atoms with E-state index in [1.807, 2.05) is 0 Å². The predicted molar refractivity (Wildman–Crippen MR) is 64.5 cm³/mol. The van der Waals surface area contributed by atoms with E-state index in [0.717, 1.165) is 12.8 Å². The maximum absolute atomic E-state index is 11.3. The first-order valence-electron chi connectivity index (χ1n) is 5.90. The first kappa shape index (κ1) is 15.9. The predicted octanol–water partition coefficient (Wildman–Crippen LogP) is 1.12. The summed E-state index contributed by atoms with van der Waals surface area (Å²) in [6, 6.07) is -0.712. The van der Waals surface area contributed by atoms with Crippen LogP contribution in [0.25, 0.3) is 0 Å². The number of carbonyl (C=O) groups excluding carboxylic acids is 2. The number of amides is 1. The molecule has 0 aromatic rings. The van der Waals surface area contributed by atoms with Gasteiger partial charge in [-0.15, -0.1) is 0 Å². The standard InChI is InChI=1S/C12H23NO4/c1-9(2)6-5-7-17-8-11(12(15)16-4)13-10(3)14/h9,11H,5-8H2,1-4H3,(H,13,14). The molecule has 0 radical (unpaired) electrons. The average molecular weight is 245 g/mol. The van der Waals surface area contributed by atoms with E-state index in [-0.39, 0.29) is 12.5 Å². The molecule has 0 saturated carbocycles. The fraction of sp³-hybridized carbons (Fsp3) is 0.833. The Hall–Kier alpha value is -1.10. The zero-order valence-corrected chi connectivity index (χ0v) is 11.1. The van der Waals surface area contributed by atoms with Crippen LogP contribution >= 0.6 is 0 Å². The highest BCUT2D eigenvalue weighted by atomic mass is 16.5. The maximum Gasteiger partial charge on any atom is 0.330 e. The molecule has 1 unspecified atom stereocenters. The Morgan fingerprint density at radius 2 is 1.94 bits per heavy atom. The molecule has 5 heteroatoms. The van der Waals surface area contributed by atoms with Gasteiger partial charge in [-0.2, -0.15) is 0 Å². The summed E-state index contributed by atoms with van der Waals surface area (Å²) in [7, 11) is 1.29. The molecular formula is C12H23NO4. The quantitative estimate of drug-likeness (QED) is 0.514. The van der Waals surface area contributed by atoms with Crippen molar-refractivity contribution in [2.24, 2.45) is 5.92 Å². The first-order valence-corrected chi connectivity index (χ1v) is 5.90. The number of carbonyl (C=O) groups is 2. The molecule has 0 saturated heterocycles. The van der Waals surface area contributed by atoms with Crippen LogP contribution in [0.1, 0.15) is 33.6 Å². The summed E-state index contributed by atoms with van der Waals surface area (Å²) >= 11 is 0. The van der Waals surface area contributed by atoms with Crippen LogP contribution in [0.2, 0.25) is 0 Å². The van der Waals surface area contributed by atoms with E-state index in [2.05, 4.69) is 23.9 Å². The lowest BCUT2D eigenvalue weighted by atomic mass is 10.1. The van der Waals surface area contributed by atoms with E-state index in [1.165, 1.54) is 14.0 Å². The number of nitrogens with one attached hydrogen (secondary N) is 1. The minimum atomic E-state index is -0.712. The lowest BCUT2D eigenvalue weighted by Gasteiger charge is -2.15. The molecule has 0 bridgehead atoms. The van der Waals surface area contributed by atoms with Crippen LogP contribution < -0.4 is 5.32 Å². The van der Waals surface area contributed by atoms with Gasteiger partial charge in [-0.3, -0.25) is 4.79 Å². The molecule has 0 aliphatic heterocycles. The smallest absolute Gasteiger partial charge is 0.330 e. The topological polar surface area (TPSA) is 64.6 Å². The molecule has 0 heterocycles. The van der Waals surface area contributed by atoms with Crippen LogP contribution in [0.3, 0.4) is 0 Å². The van der Waals surface area contributed by atoms with E-state index in [4.69, 9.17) is 4.74 Å². The van der Waals surface area contributed by atoms with E-state index in [9.17, 15) is 9.59 Å². The molecule has 0 fully saturated rings. The van der Waals surface area contributed by atoms with Gasteiger partial charge in [0.05, 0.1) is 13.7 Å². The van der Waals surface area contributed by atoms with E-state index in [1.54, 1.807) is 0 Å². The zero-order chi connectivity index (χ0) is 13.3. The molecule has 0 aromatic heterocycles. The number of esters is 1. The third-order valence-corrected chi connectivity index (χ3v) is 2.22. The Morgan fingerprint density at radius 1 is 1.29 bits per heavy atom. The molecule has 5 nitrogen and oxygen atoms in total. The summed E-state index contributed by atoms with van der Waals surface area (Å²) in [4.78, 5) is 22.2. The van der Waals surface area contributed by atoms with Gasteiger partial charge in [0.1, 0.15) is 0 Å². The van der Waals surface area contributed by atoms with Gasteiger partial charge in [-0.05, 0) is 18.8 Å². The van der Waals surface area contributed by atoms with Crippen LogP contribution in [-0.4, -0.2) is 38.2 Å². The highest BCUT2D eigenvalue weighted by Crippen LogP contribution is 2.03. The summed E-state index contributed by atoms with van der Waals surface area (Å²) in [5.41, 5.74) is 0. The van der Waals surface area contributed by atoms with Gasteiger partial charge in [0.2, 0.25) is 5.91 Å². The number of hydrogen-bond donors (Lipinski definition) is 1. The minimum absolute atomic E-state index is 0.157. The van der Waals surface area contributed by atoms with Crippen molar-refractivity contribution < 1.29 is 19.1 Å². The van der Waals surface area contributed by atoms with E-state index < -0.39 is 12.0 Å². The second kappa shape index (κ2) is 8.98. The van der Waals surface area contributed by atoms with Crippen molar-refractivity contribution in [2.45, 2.75) is 39.7 Å². The molecule has 17 heavy (non-hydrogen) atoms. The van der Waals surface area contributed by atoms with Crippen molar-refractivity contribution in [1.82, 2.24) is 5.32 Å². The molecule has 1 amide bonds. The third kappa shape index (κ3) is 8.68. The van der Waals surface area contributed by atoms with Gasteiger partial charge in [0, 0.05) is 13.5 Å². The summed E-state index contributed by atoms with van der Waals surface area (Å²) in [6.45, 7) is 6.40. The zero-order valence-electron chi connectivity index (χ0n) is 11.1. The summed E-state index contributed by atoms with van der Waals surface area (Å²) in [5.74, 6) is -0.111. The van der Waals surface area contributed by atoms with Crippen molar-refractivity contribution in [3.8, 4) is 0 Å². The Kier molecular flexibility index (Phi) is 8.40. The molecule has 100 valence electrons. The van der Waals surface area contributed by atoms with Gasteiger partial charge in [0.25, 0.3) is 0 Å². The van der Waals surface area contributed by atoms with E-state index >= 15 is 0 Å². The number of hydrogen-bond acceptors (Lipinski definition) is 4. The molecular weight excluding hydrogens is 222 g/mol. The van der Waals surface area contributed by atoms with E-state index in [0.29, 0.717) is 12.5 Å². The highest BCUT2D eigenvalue weighted by molar-refractivity contribution is 5.83. The molecule has 0 aliphatic rings. The minimum Gasteiger partial charge on any atom is -0.467 e. The largest absolute Gasteiger partial charge is 0.467 e. The van der Waals surface area contributed by atoms with Crippen molar-refractivity contribution in [1.29, 1.82) is 0 Å². The van der Waals surface area contributed by atoms with Crippen molar-refractivity contribution >= 4 is 11.9 Å². The summed E-state index contributed by atoms with van der Waals surface area (Å²) in [5, 5.41) is 2.49. The average Bonchev–Trinajstić information content (AvgIpc) is 2.25. The summed E-state index contributed by atoms with van der Waals surface area (Å²) in [6.07, 6.45) is 2.04. The molecule has 0 aliphatic carbocycles. The monoisotopic (exact) mass is 245 g/mol. The third-order valence-electron chi connectivity index (χ3n) is 2.22. The second-order valence-corrected chi connectivity index (χ2v) is 4.39. The van der Waals surface area contributed by atoms with Gasteiger partial charge in [-0.25, -0.2) is 4.79 Å². The SMILES string of the molecule is COC(=O)C(COCCCC(C)C)NC(C)=O. The van der Waals surface area contributed by atoms with Gasteiger partial charge in [-0.1, -0.05) is 13.8 Å². The van der Waals surface area contributed by atoms with Crippen molar-refractivity contribution in [3.63, 3.8) is 0 Å². The molecule has 0 rings (SSSR count). The molecule has 1 atom stereocenters. The van der Waals surface area contributed by atoms with Crippen LogP contribution in [0.4, 0.5) is 0 Å². The number of ether oxygens (including phenoxy) is 2. The van der Waals surface area contributed by atoms with Crippen LogP contribution in [0, 0.1) is 5.92 Å². The normalized spacial score (nSPS) is 12.3. The lowest BCUT2D eigenvalue weighted by Crippen LogP contribution is -2.43. The Labute approximate surface area is 103 Å². The summed E-state index contributed by atoms with van der Waals surface area (Å²) < 4.78 is 9.93. The fourth-order valence-corrected chi connectivity index (χ4v) is 1.35. The van der Waals surface area contributed by atoms with Gasteiger partial charge in [0.15, 0.2) is 6.04 Å². The highest BCUT2D eigenvalue weighted by Gasteiger charge is 2.19. The molecule has 0 spiro atoms. The van der Waals surface area contributed by atoms with Crippen LogP contribution in [0.5, 0.6) is 0 Å². The fourth-order valence-electron chi connectivity index (χ4n) is 1.35. The molecule has 1 N–H and O–H groups in total. The Morgan fingerprint density at radius 3 is 2.41 bits per heavy atom. The number of rotatable bonds is 8.